The number of halogens is 1. The average Bonchev–Trinajstić information content (AvgIpc) is 2.27. The van der Waals surface area contributed by atoms with Crippen molar-refractivity contribution in [1.82, 2.24) is 10.6 Å². The Morgan fingerprint density at radius 3 is 2.56 bits per heavy atom. The maximum atomic E-state index is 4.96. The SMILES string of the molecule is C/C=C/CCNC(=NC)NCCCOC.I. The van der Waals surface area contributed by atoms with Gasteiger partial charge in [0.25, 0.3) is 0 Å². The number of rotatable bonds is 7. The highest BCUT2D eigenvalue weighted by atomic mass is 127. The minimum Gasteiger partial charge on any atom is -0.385 e. The molecule has 0 spiro atoms. The number of aliphatic imine (C=N–C) groups is 1. The van der Waals surface area contributed by atoms with Gasteiger partial charge < -0.3 is 15.4 Å². The highest BCUT2D eigenvalue weighted by Crippen LogP contribution is 1.81. The fourth-order valence-corrected chi connectivity index (χ4v) is 1.08. The molecule has 0 saturated heterocycles. The molecule has 0 radical (unpaired) electrons. The second-order valence-corrected chi connectivity index (χ2v) is 3.13. The van der Waals surface area contributed by atoms with Crippen LogP contribution in [0.25, 0.3) is 0 Å². The quantitative estimate of drug-likeness (QED) is 0.244. The molecule has 0 aliphatic carbocycles. The van der Waals surface area contributed by atoms with Gasteiger partial charge in [-0.2, -0.15) is 0 Å². The van der Waals surface area contributed by atoms with Crippen LogP contribution in [0, 0.1) is 0 Å². The Morgan fingerprint density at radius 1 is 1.31 bits per heavy atom. The Morgan fingerprint density at radius 2 is 2.00 bits per heavy atom. The van der Waals surface area contributed by atoms with Crippen molar-refractivity contribution in [2.24, 2.45) is 4.99 Å². The number of hydrogen-bond acceptors (Lipinski definition) is 2. The topological polar surface area (TPSA) is 45.7 Å². The van der Waals surface area contributed by atoms with E-state index in [0.717, 1.165) is 38.5 Å². The molecule has 0 aliphatic rings. The van der Waals surface area contributed by atoms with Gasteiger partial charge in [-0.05, 0) is 19.8 Å². The molecule has 96 valence electrons. The molecule has 5 heteroatoms. The standard InChI is InChI=1S/C11H23N3O.HI/c1-4-5-6-8-13-11(12-2)14-9-7-10-15-3;/h4-5H,6-10H2,1-3H3,(H2,12,13,14);1H/b5-4+;. The summed E-state index contributed by atoms with van der Waals surface area (Å²) >= 11 is 0. The van der Waals surface area contributed by atoms with Crippen molar-refractivity contribution in [3.05, 3.63) is 12.2 Å². The second-order valence-electron chi connectivity index (χ2n) is 3.13. The zero-order chi connectivity index (χ0) is 11.4. The lowest BCUT2D eigenvalue weighted by molar-refractivity contribution is 0.195. The number of allylic oxidation sites excluding steroid dienone is 1. The van der Waals surface area contributed by atoms with Gasteiger partial charge in [-0.15, -0.1) is 24.0 Å². The lowest BCUT2D eigenvalue weighted by Crippen LogP contribution is -2.38. The maximum absolute atomic E-state index is 4.96. The van der Waals surface area contributed by atoms with Crippen LogP contribution in [0.3, 0.4) is 0 Å². The van der Waals surface area contributed by atoms with Gasteiger partial charge in [0.15, 0.2) is 5.96 Å². The zero-order valence-electron chi connectivity index (χ0n) is 10.5. The number of nitrogens with zero attached hydrogens (tertiary/aromatic N) is 1. The molecular formula is C11H24IN3O. The number of ether oxygens (including phenoxy) is 1. The highest BCUT2D eigenvalue weighted by molar-refractivity contribution is 14.0. The molecule has 16 heavy (non-hydrogen) atoms. The third-order valence-corrected chi connectivity index (χ3v) is 1.88. The molecule has 0 aromatic rings. The summed E-state index contributed by atoms with van der Waals surface area (Å²) in [4.78, 5) is 4.11. The lowest BCUT2D eigenvalue weighted by Gasteiger charge is -2.10. The Labute approximate surface area is 116 Å². The molecule has 0 amide bonds. The van der Waals surface area contributed by atoms with Crippen molar-refractivity contribution in [3.63, 3.8) is 0 Å². The van der Waals surface area contributed by atoms with Gasteiger partial charge in [-0.25, -0.2) is 0 Å². The van der Waals surface area contributed by atoms with Crippen LogP contribution in [0.5, 0.6) is 0 Å². The van der Waals surface area contributed by atoms with E-state index in [1.807, 2.05) is 6.92 Å². The van der Waals surface area contributed by atoms with E-state index in [2.05, 4.69) is 27.8 Å². The van der Waals surface area contributed by atoms with Gasteiger partial charge in [0, 0.05) is 33.9 Å². The van der Waals surface area contributed by atoms with Crippen molar-refractivity contribution in [2.75, 3.05) is 33.9 Å². The van der Waals surface area contributed by atoms with Gasteiger partial charge in [-0.3, -0.25) is 4.99 Å². The van der Waals surface area contributed by atoms with Gasteiger partial charge in [0.1, 0.15) is 0 Å². The zero-order valence-corrected chi connectivity index (χ0v) is 12.8. The van der Waals surface area contributed by atoms with Crippen LogP contribution in [-0.4, -0.2) is 39.8 Å². The van der Waals surface area contributed by atoms with Crippen molar-refractivity contribution < 1.29 is 4.74 Å². The summed E-state index contributed by atoms with van der Waals surface area (Å²) in [5, 5.41) is 6.44. The van der Waals surface area contributed by atoms with E-state index in [-0.39, 0.29) is 24.0 Å². The minimum atomic E-state index is 0. The van der Waals surface area contributed by atoms with Crippen molar-refractivity contribution in [2.45, 2.75) is 19.8 Å². The summed E-state index contributed by atoms with van der Waals surface area (Å²) in [7, 11) is 3.49. The monoisotopic (exact) mass is 341 g/mol. The van der Waals surface area contributed by atoms with Crippen LogP contribution >= 0.6 is 24.0 Å². The predicted molar refractivity (Wildman–Crippen MR) is 80.7 cm³/mol. The molecule has 0 bridgehead atoms. The Balaban J connectivity index is 0. The van der Waals surface area contributed by atoms with Crippen LogP contribution in [0.2, 0.25) is 0 Å². The Kier molecular flexibility index (Phi) is 16.6. The second kappa shape index (κ2) is 14.7. The van der Waals surface area contributed by atoms with Crippen molar-refractivity contribution in [3.8, 4) is 0 Å². The van der Waals surface area contributed by atoms with Crippen LogP contribution < -0.4 is 10.6 Å². The fraction of sp³-hybridized carbons (Fsp3) is 0.727. The van der Waals surface area contributed by atoms with Gasteiger partial charge in [-0.1, -0.05) is 12.2 Å². The smallest absolute Gasteiger partial charge is 0.190 e. The molecule has 0 atom stereocenters. The number of methoxy groups -OCH3 is 1. The summed E-state index contributed by atoms with van der Waals surface area (Å²) in [5.74, 6) is 0.857. The third-order valence-electron chi connectivity index (χ3n) is 1.88. The molecule has 0 aliphatic heterocycles. The number of hydrogen-bond donors (Lipinski definition) is 2. The van der Waals surface area contributed by atoms with E-state index in [0.29, 0.717) is 0 Å². The van der Waals surface area contributed by atoms with Crippen LogP contribution in [0.4, 0.5) is 0 Å². The van der Waals surface area contributed by atoms with Crippen LogP contribution in [0.15, 0.2) is 17.1 Å². The van der Waals surface area contributed by atoms with Crippen LogP contribution in [-0.2, 0) is 4.74 Å². The van der Waals surface area contributed by atoms with Gasteiger partial charge in [0.05, 0.1) is 0 Å². The van der Waals surface area contributed by atoms with Crippen molar-refractivity contribution >= 4 is 29.9 Å². The molecule has 0 aromatic heterocycles. The summed E-state index contributed by atoms with van der Waals surface area (Å²) in [5.41, 5.74) is 0. The van der Waals surface area contributed by atoms with Crippen LogP contribution in [0.1, 0.15) is 19.8 Å². The summed E-state index contributed by atoms with van der Waals surface area (Å²) in [6.07, 6.45) is 6.20. The largest absolute Gasteiger partial charge is 0.385 e. The first-order valence-electron chi connectivity index (χ1n) is 5.39. The Hall–Kier alpha value is -0.300. The first-order chi connectivity index (χ1) is 7.35. The predicted octanol–water partition coefficient (Wildman–Crippen LogP) is 1.77. The number of nitrogens with one attached hydrogen (secondary N) is 2. The molecule has 0 unspecified atom stereocenters. The molecular weight excluding hydrogens is 317 g/mol. The molecule has 0 rings (SSSR count). The van der Waals surface area contributed by atoms with Gasteiger partial charge >= 0.3 is 0 Å². The van der Waals surface area contributed by atoms with E-state index < -0.39 is 0 Å². The summed E-state index contributed by atoms with van der Waals surface area (Å²) < 4.78 is 4.96. The first-order valence-corrected chi connectivity index (χ1v) is 5.39. The van der Waals surface area contributed by atoms with E-state index in [9.17, 15) is 0 Å². The fourth-order valence-electron chi connectivity index (χ4n) is 1.08. The molecule has 0 saturated carbocycles. The lowest BCUT2D eigenvalue weighted by atomic mass is 10.4. The third kappa shape index (κ3) is 11.8. The van der Waals surface area contributed by atoms with Crippen molar-refractivity contribution in [1.29, 1.82) is 0 Å². The average molecular weight is 341 g/mol. The highest BCUT2D eigenvalue weighted by Gasteiger charge is 1.94. The van der Waals surface area contributed by atoms with E-state index >= 15 is 0 Å². The molecule has 0 heterocycles. The van der Waals surface area contributed by atoms with E-state index in [1.165, 1.54) is 0 Å². The Bertz CT molecular complexity index is 196. The molecule has 0 aromatic carbocycles. The maximum Gasteiger partial charge on any atom is 0.190 e. The number of guanidine groups is 1. The van der Waals surface area contributed by atoms with E-state index in [1.54, 1.807) is 14.2 Å². The molecule has 4 nitrogen and oxygen atoms in total. The normalized spacial score (nSPS) is 11.3. The molecule has 2 N–H and O–H groups in total. The van der Waals surface area contributed by atoms with E-state index in [4.69, 9.17) is 4.74 Å². The first kappa shape index (κ1) is 18.1. The summed E-state index contributed by atoms with van der Waals surface area (Å²) in [6.45, 7) is 4.60. The minimum absolute atomic E-state index is 0. The molecule has 0 fully saturated rings. The summed E-state index contributed by atoms with van der Waals surface area (Å²) in [6, 6.07) is 0. The van der Waals surface area contributed by atoms with Gasteiger partial charge in [0.2, 0.25) is 0 Å².